The second kappa shape index (κ2) is 4.47. The Kier molecular flexibility index (Phi) is 3.05. The van der Waals surface area contributed by atoms with E-state index in [0.717, 1.165) is 0 Å². The zero-order chi connectivity index (χ0) is 9.80. The van der Waals surface area contributed by atoms with Crippen LogP contribution in [0.25, 0.3) is 0 Å². The van der Waals surface area contributed by atoms with Gasteiger partial charge in [-0.1, -0.05) is 11.3 Å². The maximum absolute atomic E-state index is 11.2. The fraction of sp³-hybridized carbons (Fsp3) is 0.625. The van der Waals surface area contributed by atoms with Crippen molar-refractivity contribution < 1.29 is 9.53 Å². The molecule has 14 heavy (non-hydrogen) atoms. The van der Waals surface area contributed by atoms with Gasteiger partial charge in [0.1, 0.15) is 12.1 Å². The van der Waals surface area contributed by atoms with Crippen LogP contribution in [0.4, 0.5) is 5.13 Å². The van der Waals surface area contributed by atoms with Gasteiger partial charge in [0.15, 0.2) is 0 Å². The van der Waals surface area contributed by atoms with Gasteiger partial charge in [0.25, 0.3) is 5.91 Å². The van der Waals surface area contributed by atoms with Gasteiger partial charge in [-0.25, -0.2) is 0 Å². The standard InChI is InChI=1S/C8H11N3O2S/c12-7(4-13-3-6-1-2-6)10-8-11-9-5-14-8/h5-6H,1-4H2,(H,10,11,12). The molecule has 0 aromatic carbocycles. The van der Waals surface area contributed by atoms with Crippen LogP contribution in [0.3, 0.4) is 0 Å². The molecule has 5 nitrogen and oxygen atoms in total. The van der Waals surface area contributed by atoms with Crippen LogP contribution >= 0.6 is 11.3 Å². The Hall–Kier alpha value is -1.01. The first-order chi connectivity index (χ1) is 6.84. The van der Waals surface area contributed by atoms with E-state index in [2.05, 4.69) is 15.5 Å². The number of ether oxygens (including phenoxy) is 1. The van der Waals surface area contributed by atoms with Crippen LogP contribution < -0.4 is 5.32 Å². The van der Waals surface area contributed by atoms with E-state index in [-0.39, 0.29) is 12.5 Å². The fourth-order valence-corrected chi connectivity index (χ4v) is 1.45. The molecule has 1 aliphatic rings. The normalized spacial score (nSPS) is 15.4. The van der Waals surface area contributed by atoms with E-state index < -0.39 is 0 Å². The van der Waals surface area contributed by atoms with Crippen LogP contribution in [0, 0.1) is 5.92 Å². The average Bonchev–Trinajstić information content (AvgIpc) is 2.83. The van der Waals surface area contributed by atoms with Gasteiger partial charge in [-0.2, -0.15) is 0 Å². The van der Waals surface area contributed by atoms with E-state index in [1.807, 2.05) is 0 Å². The first kappa shape index (κ1) is 9.54. The molecular formula is C8H11N3O2S. The molecule has 2 rings (SSSR count). The highest BCUT2D eigenvalue weighted by Crippen LogP contribution is 2.28. The smallest absolute Gasteiger partial charge is 0.252 e. The third-order valence-corrected chi connectivity index (χ3v) is 2.50. The van der Waals surface area contributed by atoms with Crippen LogP contribution in [0.1, 0.15) is 12.8 Å². The Labute approximate surface area is 85.5 Å². The molecule has 0 spiro atoms. The number of anilines is 1. The van der Waals surface area contributed by atoms with Crippen molar-refractivity contribution in [1.29, 1.82) is 0 Å². The first-order valence-corrected chi connectivity index (χ1v) is 5.36. The molecule has 1 aliphatic carbocycles. The Morgan fingerprint density at radius 3 is 3.21 bits per heavy atom. The zero-order valence-corrected chi connectivity index (χ0v) is 8.42. The predicted octanol–water partition coefficient (Wildman–Crippen LogP) is 0.903. The molecule has 1 aromatic heterocycles. The van der Waals surface area contributed by atoms with Crippen LogP contribution in [0.2, 0.25) is 0 Å². The molecule has 1 saturated carbocycles. The molecule has 1 heterocycles. The highest BCUT2D eigenvalue weighted by molar-refractivity contribution is 7.13. The van der Waals surface area contributed by atoms with Crippen molar-refractivity contribution in [2.24, 2.45) is 5.92 Å². The fourth-order valence-electron chi connectivity index (χ4n) is 0.986. The van der Waals surface area contributed by atoms with Crippen LogP contribution in [-0.2, 0) is 9.53 Å². The number of nitrogens with zero attached hydrogens (tertiary/aromatic N) is 2. The van der Waals surface area contributed by atoms with Gasteiger partial charge in [0.05, 0.1) is 6.61 Å². The van der Waals surface area contributed by atoms with Crippen LogP contribution in [0.5, 0.6) is 0 Å². The summed E-state index contributed by atoms with van der Waals surface area (Å²) >= 11 is 1.29. The summed E-state index contributed by atoms with van der Waals surface area (Å²) < 4.78 is 5.21. The van der Waals surface area contributed by atoms with Crippen molar-refractivity contribution >= 4 is 22.4 Å². The van der Waals surface area contributed by atoms with Gasteiger partial charge < -0.3 is 4.74 Å². The monoisotopic (exact) mass is 213 g/mol. The second-order valence-electron chi connectivity index (χ2n) is 3.25. The van der Waals surface area contributed by atoms with Crippen molar-refractivity contribution in [2.75, 3.05) is 18.5 Å². The number of rotatable bonds is 5. The van der Waals surface area contributed by atoms with E-state index in [1.54, 1.807) is 5.51 Å². The maximum atomic E-state index is 11.2. The van der Waals surface area contributed by atoms with Crippen molar-refractivity contribution in [3.05, 3.63) is 5.51 Å². The minimum absolute atomic E-state index is 0.107. The van der Waals surface area contributed by atoms with Gasteiger partial charge >= 0.3 is 0 Å². The third-order valence-electron chi connectivity index (χ3n) is 1.89. The summed E-state index contributed by atoms with van der Waals surface area (Å²) in [4.78, 5) is 11.2. The van der Waals surface area contributed by atoms with Gasteiger partial charge in [0, 0.05) is 0 Å². The molecule has 6 heteroatoms. The Morgan fingerprint density at radius 1 is 1.71 bits per heavy atom. The van der Waals surface area contributed by atoms with E-state index in [1.165, 1.54) is 24.2 Å². The summed E-state index contributed by atoms with van der Waals surface area (Å²) in [6, 6.07) is 0. The minimum atomic E-state index is -0.164. The van der Waals surface area contributed by atoms with Gasteiger partial charge in [-0.15, -0.1) is 10.2 Å². The van der Waals surface area contributed by atoms with E-state index in [4.69, 9.17) is 4.74 Å². The Balaban J connectivity index is 1.62. The molecule has 1 amide bonds. The summed E-state index contributed by atoms with van der Waals surface area (Å²) in [5.41, 5.74) is 1.57. The number of carbonyl (C=O) groups excluding carboxylic acids is 1. The summed E-state index contributed by atoms with van der Waals surface area (Å²) in [6.45, 7) is 0.805. The molecule has 0 radical (unpaired) electrons. The lowest BCUT2D eigenvalue weighted by atomic mass is 10.5. The lowest BCUT2D eigenvalue weighted by Crippen LogP contribution is -2.18. The molecule has 0 atom stereocenters. The quantitative estimate of drug-likeness (QED) is 0.789. The molecule has 0 unspecified atom stereocenters. The van der Waals surface area contributed by atoms with Crippen LogP contribution in [0.15, 0.2) is 5.51 Å². The van der Waals surface area contributed by atoms with Crippen molar-refractivity contribution in [1.82, 2.24) is 10.2 Å². The summed E-state index contributed by atoms with van der Waals surface area (Å²) in [6.07, 6.45) is 2.47. The molecule has 0 bridgehead atoms. The van der Waals surface area contributed by atoms with Gasteiger partial charge in [-0.05, 0) is 18.8 Å². The largest absolute Gasteiger partial charge is 0.371 e. The number of hydrogen-bond donors (Lipinski definition) is 1. The predicted molar refractivity (Wildman–Crippen MR) is 52.1 cm³/mol. The second-order valence-corrected chi connectivity index (χ2v) is 4.08. The third kappa shape index (κ3) is 3.04. The lowest BCUT2D eigenvalue weighted by Gasteiger charge is -2.01. The number of aromatic nitrogens is 2. The number of amides is 1. The van der Waals surface area contributed by atoms with E-state index in [0.29, 0.717) is 17.7 Å². The molecule has 0 aliphatic heterocycles. The van der Waals surface area contributed by atoms with E-state index >= 15 is 0 Å². The highest BCUT2D eigenvalue weighted by Gasteiger charge is 2.21. The minimum Gasteiger partial charge on any atom is -0.371 e. The molecule has 0 saturated heterocycles. The number of carbonyl (C=O) groups is 1. The first-order valence-electron chi connectivity index (χ1n) is 4.48. The topological polar surface area (TPSA) is 64.1 Å². The lowest BCUT2D eigenvalue weighted by molar-refractivity contribution is -0.120. The maximum Gasteiger partial charge on any atom is 0.252 e. The summed E-state index contributed by atoms with van der Waals surface area (Å²) in [5.74, 6) is 0.520. The SMILES string of the molecule is O=C(COCC1CC1)Nc1nncs1. The highest BCUT2D eigenvalue weighted by atomic mass is 32.1. The van der Waals surface area contributed by atoms with E-state index in [9.17, 15) is 4.79 Å². The number of hydrogen-bond acceptors (Lipinski definition) is 5. The van der Waals surface area contributed by atoms with Crippen molar-refractivity contribution in [3.8, 4) is 0 Å². The van der Waals surface area contributed by atoms with Gasteiger partial charge in [-0.3, -0.25) is 10.1 Å². The molecule has 1 N–H and O–H groups in total. The van der Waals surface area contributed by atoms with Gasteiger partial charge in [0.2, 0.25) is 5.13 Å². The zero-order valence-electron chi connectivity index (χ0n) is 7.60. The summed E-state index contributed by atoms with van der Waals surface area (Å²) in [7, 11) is 0. The Bertz CT molecular complexity index is 298. The van der Waals surface area contributed by atoms with Crippen molar-refractivity contribution in [3.63, 3.8) is 0 Å². The number of nitrogens with one attached hydrogen (secondary N) is 1. The molecule has 1 fully saturated rings. The average molecular weight is 213 g/mol. The summed E-state index contributed by atoms with van der Waals surface area (Å²) in [5, 5.41) is 10.4. The molecule has 1 aromatic rings. The van der Waals surface area contributed by atoms with Crippen molar-refractivity contribution in [2.45, 2.75) is 12.8 Å². The molecule has 76 valence electrons. The van der Waals surface area contributed by atoms with Crippen LogP contribution in [-0.4, -0.2) is 29.3 Å². The Morgan fingerprint density at radius 2 is 2.57 bits per heavy atom. The molecular weight excluding hydrogens is 202 g/mol.